The third-order valence-electron chi connectivity index (χ3n) is 4.39. The van der Waals surface area contributed by atoms with Crippen LogP contribution >= 0.6 is 11.8 Å². The molecule has 3 aromatic rings. The molecule has 0 radical (unpaired) electrons. The van der Waals surface area contributed by atoms with E-state index < -0.39 is 0 Å². The van der Waals surface area contributed by atoms with E-state index in [0.29, 0.717) is 18.7 Å². The van der Waals surface area contributed by atoms with Crippen molar-refractivity contribution in [2.45, 2.75) is 44.9 Å². The van der Waals surface area contributed by atoms with Gasteiger partial charge in [-0.25, -0.2) is 0 Å². The minimum atomic E-state index is -0.105. The molecule has 146 valence electrons. The number of hydrogen-bond donors (Lipinski definition) is 1. The van der Waals surface area contributed by atoms with Gasteiger partial charge >= 0.3 is 6.01 Å². The van der Waals surface area contributed by atoms with E-state index in [1.54, 1.807) is 11.8 Å². The van der Waals surface area contributed by atoms with Gasteiger partial charge in [0.15, 0.2) is 0 Å². The van der Waals surface area contributed by atoms with Crippen LogP contribution in [0.25, 0.3) is 0 Å². The highest BCUT2D eigenvalue weighted by molar-refractivity contribution is 7.99. The summed E-state index contributed by atoms with van der Waals surface area (Å²) in [5.41, 5.74) is 4.80. The van der Waals surface area contributed by atoms with Crippen LogP contribution in [0.15, 0.2) is 51.8 Å². The molecule has 1 N–H and O–H groups in total. The lowest BCUT2D eigenvalue weighted by Gasteiger charge is -2.04. The number of aromatic nitrogens is 2. The minimum Gasteiger partial charge on any atom is -0.407 e. The maximum absolute atomic E-state index is 12.1. The van der Waals surface area contributed by atoms with Crippen molar-refractivity contribution >= 4 is 23.7 Å². The second-order valence-corrected chi connectivity index (χ2v) is 8.09. The molecule has 3 rings (SSSR count). The number of aryl methyl sites for hydroxylation is 3. The van der Waals surface area contributed by atoms with Gasteiger partial charge in [-0.05, 0) is 56.2 Å². The van der Waals surface area contributed by atoms with Crippen LogP contribution in [0.1, 0.15) is 41.0 Å². The normalized spacial score (nSPS) is 10.8. The molecule has 0 spiro atoms. The van der Waals surface area contributed by atoms with Gasteiger partial charge in [0, 0.05) is 11.3 Å². The highest BCUT2D eigenvalue weighted by Crippen LogP contribution is 2.20. The topological polar surface area (TPSA) is 68.0 Å². The number of nitrogens with zero attached hydrogens (tertiary/aromatic N) is 2. The summed E-state index contributed by atoms with van der Waals surface area (Å²) in [6, 6.07) is 14.8. The van der Waals surface area contributed by atoms with Gasteiger partial charge in [0.25, 0.3) is 0 Å². The molecule has 0 aliphatic rings. The predicted molar refractivity (Wildman–Crippen MR) is 113 cm³/mol. The summed E-state index contributed by atoms with van der Waals surface area (Å²) in [7, 11) is 0. The van der Waals surface area contributed by atoms with E-state index in [2.05, 4.69) is 78.7 Å². The first-order chi connectivity index (χ1) is 13.5. The third-order valence-corrected chi connectivity index (χ3v) is 5.49. The number of carbonyl (C=O) groups is 1. The van der Waals surface area contributed by atoms with Gasteiger partial charge in [-0.15, -0.1) is 16.9 Å². The molecule has 5 nitrogen and oxygen atoms in total. The zero-order chi connectivity index (χ0) is 19.9. The van der Waals surface area contributed by atoms with Crippen LogP contribution in [-0.2, 0) is 11.2 Å². The van der Waals surface area contributed by atoms with E-state index in [4.69, 9.17) is 4.42 Å². The zero-order valence-corrected chi connectivity index (χ0v) is 17.3. The summed E-state index contributed by atoms with van der Waals surface area (Å²) < 4.78 is 5.57. The summed E-state index contributed by atoms with van der Waals surface area (Å²) >= 11 is 1.75. The average Bonchev–Trinajstić information content (AvgIpc) is 3.09. The van der Waals surface area contributed by atoms with Gasteiger partial charge in [0.05, 0.1) is 6.42 Å². The molecule has 2 aromatic carbocycles. The number of benzene rings is 2. The molecule has 28 heavy (non-hydrogen) atoms. The molecule has 0 aliphatic carbocycles. The Hall–Kier alpha value is -2.60. The lowest BCUT2D eigenvalue weighted by Crippen LogP contribution is -2.11. The van der Waals surface area contributed by atoms with Gasteiger partial charge in [-0.3, -0.25) is 10.1 Å². The summed E-state index contributed by atoms with van der Waals surface area (Å²) in [4.78, 5) is 13.3. The largest absolute Gasteiger partial charge is 0.407 e. The Labute approximate surface area is 170 Å². The second-order valence-electron chi connectivity index (χ2n) is 6.92. The Morgan fingerprint density at radius 1 is 1.04 bits per heavy atom. The Morgan fingerprint density at radius 2 is 1.79 bits per heavy atom. The van der Waals surface area contributed by atoms with Crippen LogP contribution in [0.3, 0.4) is 0 Å². The van der Waals surface area contributed by atoms with Crippen molar-refractivity contribution in [3.05, 3.63) is 70.6 Å². The van der Waals surface area contributed by atoms with Gasteiger partial charge < -0.3 is 4.42 Å². The van der Waals surface area contributed by atoms with Crippen molar-refractivity contribution in [2.75, 3.05) is 11.1 Å². The first kappa shape index (κ1) is 20.1. The van der Waals surface area contributed by atoms with Crippen molar-refractivity contribution in [3.63, 3.8) is 0 Å². The quantitative estimate of drug-likeness (QED) is 0.425. The molecule has 0 atom stereocenters. The van der Waals surface area contributed by atoms with E-state index >= 15 is 0 Å². The molecular formula is C22H25N3O2S. The molecule has 0 unspecified atom stereocenters. The van der Waals surface area contributed by atoms with E-state index in [1.165, 1.54) is 21.6 Å². The lowest BCUT2D eigenvalue weighted by atomic mass is 10.0. The molecule has 1 amide bonds. The summed E-state index contributed by atoms with van der Waals surface area (Å²) in [5, 5.41) is 10.7. The van der Waals surface area contributed by atoms with Gasteiger partial charge in [0.2, 0.25) is 11.8 Å². The lowest BCUT2D eigenvalue weighted by molar-refractivity contribution is -0.116. The number of anilines is 1. The number of rotatable bonds is 8. The van der Waals surface area contributed by atoms with Crippen LogP contribution in [0, 0.1) is 20.8 Å². The molecule has 0 bridgehead atoms. The average molecular weight is 396 g/mol. The fourth-order valence-corrected chi connectivity index (χ4v) is 3.67. The maximum Gasteiger partial charge on any atom is 0.322 e. The first-order valence-electron chi connectivity index (χ1n) is 9.37. The smallest absolute Gasteiger partial charge is 0.322 e. The zero-order valence-electron chi connectivity index (χ0n) is 16.5. The molecular weight excluding hydrogens is 370 g/mol. The van der Waals surface area contributed by atoms with E-state index in [0.717, 1.165) is 17.7 Å². The molecule has 0 aliphatic heterocycles. The highest BCUT2D eigenvalue weighted by atomic mass is 32.2. The summed E-state index contributed by atoms with van der Waals surface area (Å²) in [6.07, 6.45) is 1.77. The first-order valence-corrected chi connectivity index (χ1v) is 10.4. The number of amides is 1. The predicted octanol–water partition coefficient (Wildman–Crippen LogP) is 5.10. The van der Waals surface area contributed by atoms with Crippen LogP contribution in [-0.4, -0.2) is 21.9 Å². The van der Waals surface area contributed by atoms with Crippen LogP contribution in [0.4, 0.5) is 6.01 Å². The third kappa shape index (κ3) is 5.96. The van der Waals surface area contributed by atoms with Crippen LogP contribution < -0.4 is 5.32 Å². The standard InChI is InChI=1S/C22H25N3O2S/c1-15-7-10-19(11-8-15)28-12-4-5-20(26)23-22-25-24-21(27-22)14-18-9-6-16(2)13-17(18)3/h6-11,13H,4-5,12,14H2,1-3H3,(H,23,25,26). The number of nitrogens with one attached hydrogen (secondary N) is 1. The Bertz CT molecular complexity index is 935. The van der Waals surface area contributed by atoms with Gasteiger partial charge in [-0.1, -0.05) is 46.6 Å². The number of carbonyl (C=O) groups excluding carboxylic acids is 1. The minimum absolute atomic E-state index is 0.105. The SMILES string of the molecule is Cc1ccc(SCCCC(=O)Nc2nnc(Cc3ccc(C)cc3C)o2)cc1. The van der Waals surface area contributed by atoms with Crippen LogP contribution in [0.2, 0.25) is 0 Å². The van der Waals surface area contributed by atoms with Crippen molar-refractivity contribution in [2.24, 2.45) is 0 Å². The summed E-state index contributed by atoms with van der Waals surface area (Å²) in [6.45, 7) is 6.20. The number of thioether (sulfide) groups is 1. The number of hydrogen-bond acceptors (Lipinski definition) is 5. The molecule has 0 fully saturated rings. The summed E-state index contributed by atoms with van der Waals surface area (Å²) in [5.74, 6) is 1.28. The molecule has 6 heteroatoms. The van der Waals surface area contributed by atoms with E-state index in [-0.39, 0.29) is 11.9 Å². The van der Waals surface area contributed by atoms with Crippen LogP contribution in [0.5, 0.6) is 0 Å². The van der Waals surface area contributed by atoms with Crippen molar-refractivity contribution in [3.8, 4) is 0 Å². The molecule has 1 aromatic heterocycles. The molecule has 0 saturated carbocycles. The van der Waals surface area contributed by atoms with Gasteiger partial charge in [0.1, 0.15) is 0 Å². The van der Waals surface area contributed by atoms with E-state index in [9.17, 15) is 4.79 Å². The fraction of sp³-hybridized carbons (Fsp3) is 0.318. The van der Waals surface area contributed by atoms with Crippen molar-refractivity contribution < 1.29 is 9.21 Å². The molecule has 0 saturated heterocycles. The monoisotopic (exact) mass is 395 g/mol. The Balaban J connectivity index is 1.42. The fourth-order valence-electron chi connectivity index (χ4n) is 2.82. The maximum atomic E-state index is 12.1. The Morgan fingerprint density at radius 3 is 2.54 bits per heavy atom. The highest BCUT2D eigenvalue weighted by Gasteiger charge is 2.11. The van der Waals surface area contributed by atoms with Crippen molar-refractivity contribution in [1.82, 2.24) is 10.2 Å². The molecule has 1 heterocycles. The Kier molecular flexibility index (Phi) is 6.87. The van der Waals surface area contributed by atoms with E-state index in [1.807, 2.05) is 0 Å². The second kappa shape index (κ2) is 9.55. The van der Waals surface area contributed by atoms with Gasteiger partial charge in [-0.2, -0.15) is 0 Å². The van der Waals surface area contributed by atoms with Crippen molar-refractivity contribution in [1.29, 1.82) is 0 Å².